The molecule has 1 fully saturated rings. The average molecular weight is 387 g/mol. The first-order chi connectivity index (χ1) is 14.1. The van der Waals surface area contributed by atoms with Gasteiger partial charge in [0.1, 0.15) is 5.75 Å². The van der Waals surface area contributed by atoms with Crippen LogP contribution in [0.2, 0.25) is 0 Å². The van der Waals surface area contributed by atoms with Crippen molar-refractivity contribution < 1.29 is 19.4 Å². The molecule has 1 amide bonds. The summed E-state index contributed by atoms with van der Waals surface area (Å²) in [5, 5.41) is 14.5. The van der Waals surface area contributed by atoms with E-state index in [9.17, 15) is 14.7 Å². The molecule has 1 aliphatic heterocycles. The minimum Gasteiger partial charge on any atom is -0.493 e. The van der Waals surface area contributed by atoms with E-state index in [-0.39, 0.29) is 17.2 Å². The molecule has 0 aromatic heterocycles. The maximum Gasteiger partial charge on any atom is 0.330 e. The largest absolute Gasteiger partial charge is 0.493 e. The molecule has 146 valence electrons. The third-order valence-electron chi connectivity index (χ3n) is 6.26. The summed E-state index contributed by atoms with van der Waals surface area (Å²) < 4.78 is 5.73. The third kappa shape index (κ3) is 2.94. The van der Waals surface area contributed by atoms with Gasteiger partial charge in [-0.05, 0) is 41.3 Å². The summed E-state index contributed by atoms with van der Waals surface area (Å²) in [5.74, 6) is -0.661. The van der Waals surface area contributed by atoms with Gasteiger partial charge in [-0.25, -0.2) is 4.79 Å². The molecular weight excluding hydrogens is 366 g/mol. The second-order valence-corrected chi connectivity index (χ2v) is 7.89. The van der Waals surface area contributed by atoms with Crippen molar-refractivity contribution in [1.29, 1.82) is 0 Å². The van der Waals surface area contributed by atoms with E-state index >= 15 is 0 Å². The first kappa shape index (κ1) is 17.7. The smallest absolute Gasteiger partial charge is 0.330 e. The fourth-order valence-corrected chi connectivity index (χ4v) is 4.62. The van der Waals surface area contributed by atoms with E-state index in [0.29, 0.717) is 12.2 Å². The minimum absolute atomic E-state index is 0.206. The summed E-state index contributed by atoms with van der Waals surface area (Å²) in [6.45, 7) is 0.577. The zero-order valence-corrected chi connectivity index (χ0v) is 15.8. The van der Waals surface area contributed by atoms with Gasteiger partial charge < -0.3 is 15.2 Å². The Bertz CT molecular complexity index is 1120. The van der Waals surface area contributed by atoms with Crippen molar-refractivity contribution >= 4 is 22.6 Å². The molecule has 1 aliphatic carbocycles. The maximum atomic E-state index is 13.0. The van der Waals surface area contributed by atoms with Crippen LogP contribution in [0.5, 0.6) is 5.75 Å². The van der Waals surface area contributed by atoms with Crippen LogP contribution in [0.1, 0.15) is 30.0 Å². The highest BCUT2D eigenvalue weighted by Crippen LogP contribution is 2.60. The number of fused-ring (bicyclic) bond motifs is 3. The number of carboxylic acid groups (broad SMARTS) is 1. The minimum atomic E-state index is -1.07. The molecule has 1 saturated carbocycles. The molecule has 5 heteroatoms. The zero-order chi connectivity index (χ0) is 20.0. The fourth-order valence-electron chi connectivity index (χ4n) is 4.62. The van der Waals surface area contributed by atoms with Crippen molar-refractivity contribution in [2.24, 2.45) is 5.92 Å². The van der Waals surface area contributed by atoms with Gasteiger partial charge in [-0.3, -0.25) is 4.79 Å². The quantitative estimate of drug-likeness (QED) is 0.714. The Hall–Kier alpha value is -3.34. The molecule has 1 spiro atoms. The van der Waals surface area contributed by atoms with Crippen LogP contribution in [0.25, 0.3) is 10.8 Å². The van der Waals surface area contributed by atoms with Gasteiger partial charge in [0.05, 0.1) is 6.61 Å². The predicted octanol–water partition coefficient (Wildman–Crippen LogP) is 3.82. The zero-order valence-electron chi connectivity index (χ0n) is 15.8. The van der Waals surface area contributed by atoms with Crippen molar-refractivity contribution in [2.75, 3.05) is 6.61 Å². The number of aliphatic carboxylic acids is 1. The molecule has 1 unspecified atom stereocenters. The standard InChI is InChI=1S/C24H21NO4/c26-22(19-14-24(19)11-12-29-20-8-4-3-7-18(20)24)25-21(23(27)28)17-10-9-15-5-1-2-6-16(15)13-17/h1-10,13,19,21H,11-12,14H2,(H,25,26)(H,27,28)/t19-,21?,24-/m0/s1. The van der Waals surface area contributed by atoms with Crippen LogP contribution >= 0.6 is 0 Å². The van der Waals surface area contributed by atoms with E-state index in [2.05, 4.69) is 5.32 Å². The van der Waals surface area contributed by atoms with Gasteiger partial charge in [0.2, 0.25) is 5.91 Å². The van der Waals surface area contributed by atoms with Gasteiger partial charge in [0.15, 0.2) is 6.04 Å². The molecule has 2 N–H and O–H groups in total. The van der Waals surface area contributed by atoms with E-state index in [1.165, 1.54) is 0 Å². The third-order valence-corrected chi connectivity index (χ3v) is 6.26. The first-order valence-electron chi connectivity index (χ1n) is 9.83. The second-order valence-electron chi connectivity index (χ2n) is 7.89. The number of amides is 1. The van der Waals surface area contributed by atoms with Crippen LogP contribution in [-0.4, -0.2) is 23.6 Å². The van der Waals surface area contributed by atoms with Gasteiger partial charge >= 0.3 is 5.97 Å². The SMILES string of the molecule is O=C(O)C(NC(=O)[C@@H]1C[C@]12CCOc1ccccc12)c1ccc2ccccc2c1. The topological polar surface area (TPSA) is 75.6 Å². The molecule has 5 rings (SSSR count). The highest BCUT2D eigenvalue weighted by Gasteiger charge is 2.61. The van der Waals surface area contributed by atoms with Crippen molar-refractivity contribution in [1.82, 2.24) is 5.32 Å². The Morgan fingerprint density at radius 3 is 2.62 bits per heavy atom. The van der Waals surface area contributed by atoms with E-state index < -0.39 is 12.0 Å². The molecule has 3 atom stereocenters. The van der Waals surface area contributed by atoms with Crippen molar-refractivity contribution in [2.45, 2.75) is 24.3 Å². The number of ether oxygens (including phenoxy) is 1. The lowest BCUT2D eigenvalue weighted by molar-refractivity contribution is -0.142. The molecule has 0 bridgehead atoms. The number of para-hydroxylation sites is 1. The Labute approximate surface area is 168 Å². The normalized spacial score (nSPS) is 23.1. The van der Waals surface area contributed by atoms with Crippen LogP contribution in [0.3, 0.4) is 0 Å². The first-order valence-corrected chi connectivity index (χ1v) is 9.83. The van der Waals surface area contributed by atoms with Crippen molar-refractivity contribution in [3.8, 4) is 5.75 Å². The Kier molecular flexibility index (Phi) is 4.05. The average Bonchev–Trinajstić information content (AvgIpc) is 3.46. The van der Waals surface area contributed by atoms with Gasteiger partial charge in [-0.15, -0.1) is 0 Å². The number of benzene rings is 3. The molecule has 5 nitrogen and oxygen atoms in total. The fraction of sp³-hybridized carbons (Fsp3) is 0.250. The molecule has 29 heavy (non-hydrogen) atoms. The second kappa shape index (κ2) is 6.62. The summed E-state index contributed by atoms with van der Waals surface area (Å²) >= 11 is 0. The van der Waals surface area contributed by atoms with Crippen LogP contribution in [0.15, 0.2) is 66.7 Å². The molecule has 0 radical (unpaired) electrons. The van der Waals surface area contributed by atoms with E-state index in [4.69, 9.17) is 4.74 Å². The number of carbonyl (C=O) groups excluding carboxylic acids is 1. The summed E-state index contributed by atoms with van der Waals surface area (Å²) in [4.78, 5) is 25.0. The van der Waals surface area contributed by atoms with Crippen LogP contribution in [0.4, 0.5) is 0 Å². The summed E-state index contributed by atoms with van der Waals surface area (Å²) in [5.41, 5.74) is 1.40. The number of carboxylic acids is 1. The van der Waals surface area contributed by atoms with Gasteiger partial charge in [0.25, 0.3) is 0 Å². The monoisotopic (exact) mass is 387 g/mol. The lowest BCUT2D eigenvalue weighted by Gasteiger charge is -2.27. The number of nitrogens with one attached hydrogen (secondary N) is 1. The molecular formula is C24H21NO4. The summed E-state index contributed by atoms with van der Waals surface area (Å²) in [6, 6.07) is 20.0. The van der Waals surface area contributed by atoms with Gasteiger partial charge in [-0.2, -0.15) is 0 Å². The molecule has 2 aliphatic rings. The molecule has 1 heterocycles. The van der Waals surface area contributed by atoms with Gasteiger partial charge in [0, 0.05) is 16.9 Å². The molecule has 0 saturated heterocycles. The van der Waals surface area contributed by atoms with Crippen LogP contribution in [-0.2, 0) is 15.0 Å². The van der Waals surface area contributed by atoms with Crippen LogP contribution < -0.4 is 10.1 Å². The Morgan fingerprint density at radius 2 is 1.79 bits per heavy atom. The van der Waals surface area contributed by atoms with E-state index in [0.717, 1.165) is 34.9 Å². The Morgan fingerprint density at radius 1 is 1.03 bits per heavy atom. The van der Waals surface area contributed by atoms with E-state index in [1.807, 2.05) is 60.7 Å². The number of carbonyl (C=O) groups is 2. The maximum absolute atomic E-state index is 13.0. The van der Waals surface area contributed by atoms with Crippen molar-refractivity contribution in [3.63, 3.8) is 0 Å². The predicted molar refractivity (Wildman–Crippen MR) is 109 cm³/mol. The van der Waals surface area contributed by atoms with E-state index in [1.54, 1.807) is 6.07 Å². The summed E-state index contributed by atoms with van der Waals surface area (Å²) in [7, 11) is 0. The highest BCUT2D eigenvalue weighted by molar-refractivity contribution is 5.91. The lowest BCUT2D eigenvalue weighted by Crippen LogP contribution is -2.37. The number of rotatable bonds is 4. The Balaban J connectivity index is 1.40. The van der Waals surface area contributed by atoms with Crippen molar-refractivity contribution in [3.05, 3.63) is 77.9 Å². The number of hydrogen-bond acceptors (Lipinski definition) is 3. The van der Waals surface area contributed by atoms with Crippen LogP contribution in [0, 0.1) is 5.92 Å². The lowest BCUT2D eigenvalue weighted by atomic mass is 9.87. The van der Waals surface area contributed by atoms with Gasteiger partial charge in [-0.1, -0.05) is 54.6 Å². The number of hydrogen-bond donors (Lipinski definition) is 2. The molecule has 3 aromatic carbocycles. The molecule has 3 aromatic rings. The summed E-state index contributed by atoms with van der Waals surface area (Å²) in [6.07, 6.45) is 1.50. The highest BCUT2D eigenvalue weighted by atomic mass is 16.5.